The van der Waals surface area contributed by atoms with Crippen molar-refractivity contribution in [3.8, 4) is 0 Å². The largest absolute Gasteiger partial charge is 0.479 e. The van der Waals surface area contributed by atoms with Crippen molar-refractivity contribution in [2.24, 2.45) is 11.8 Å². The van der Waals surface area contributed by atoms with Gasteiger partial charge in [0.2, 0.25) is 11.8 Å². The Morgan fingerprint density at radius 1 is 1.15 bits per heavy atom. The van der Waals surface area contributed by atoms with Crippen LogP contribution in [-0.2, 0) is 19.9 Å². The predicted octanol–water partition coefficient (Wildman–Crippen LogP) is 2.14. The topological polar surface area (TPSA) is 86.7 Å². The summed E-state index contributed by atoms with van der Waals surface area (Å²) in [5.41, 5.74) is -0.883. The second-order valence-electron chi connectivity index (χ2n) is 7.32. The van der Waals surface area contributed by atoms with Gasteiger partial charge in [-0.3, -0.25) is 9.59 Å². The molecule has 2 amide bonds. The van der Waals surface area contributed by atoms with Gasteiger partial charge in [-0.15, -0.1) is 0 Å². The van der Waals surface area contributed by atoms with Gasteiger partial charge in [0, 0.05) is 19.0 Å². The minimum Gasteiger partial charge on any atom is -0.479 e. The number of carbonyl (C=O) groups is 3. The van der Waals surface area contributed by atoms with Gasteiger partial charge in [0.05, 0.1) is 5.92 Å². The maximum Gasteiger partial charge on any atom is 0.334 e. The summed E-state index contributed by atoms with van der Waals surface area (Å²) in [7, 11) is 0. The van der Waals surface area contributed by atoms with E-state index in [2.05, 4.69) is 5.32 Å². The van der Waals surface area contributed by atoms with Crippen LogP contribution in [0.25, 0.3) is 0 Å². The van der Waals surface area contributed by atoms with Crippen LogP contribution < -0.4 is 5.32 Å². The fourth-order valence-electron chi connectivity index (χ4n) is 3.71. The number of carboxylic acids is 1. The minimum atomic E-state index is -1.44. The molecular formula is C20H26N2O4. The zero-order valence-corrected chi connectivity index (χ0v) is 15.1. The quantitative estimate of drug-likeness (QED) is 0.816. The molecule has 1 heterocycles. The second-order valence-corrected chi connectivity index (χ2v) is 7.32. The van der Waals surface area contributed by atoms with E-state index in [1.54, 1.807) is 36.1 Å². The number of likely N-dealkylation sites (tertiary alicyclic amines) is 1. The molecule has 3 rings (SSSR count). The standard InChI is InChI=1S/C20H26N2O4/c1-2-20(19(25)26,16-8-4-3-5-9-16)21-17(23)15-7-6-12-22(13-15)18(24)14-10-11-14/h3-5,8-9,14-15H,2,6-7,10-13H2,1H3,(H,21,23)(H,25,26). The third-order valence-corrected chi connectivity index (χ3v) is 5.53. The van der Waals surface area contributed by atoms with Gasteiger partial charge in [0.15, 0.2) is 5.54 Å². The highest BCUT2D eigenvalue weighted by molar-refractivity contribution is 5.90. The average molecular weight is 358 g/mol. The number of hydrogen-bond donors (Lipinski definition) is 2. The van der Waals surface area contributed by atoms with Gasteiger partial charge < -0.3 is 15.3 Å². The van der Waals surface area contributed by atoms with Gasteiger partial charge in [-0.25, -0.2) is 4.79 Å². The number of nitrogens with one attached hydrogen (secondary N) is 1. The number of carbonyl (C=O) groups excluding carboxylic acids is 2. The first-order valence-corrected chi connectivity index (χ1v) is 9.37. The molecule has 2 unspecified atom stereocenters. The highest BCUT2D eigenvalue weighted by Gasteiger charge is 2.43. The predicted molar refractivity (Wildman–Crippen MR) is 96.2 cm³/mol. The molecule has 1 aromatic rings. The summed E-state index contributed by atoms with van der Waals surface area (Å²) >= 11 is 0. The maximum absolute atomic E-state index is 12.9. The van der Waals surface area contributed by atoms with Crippen molar-refractivity contribution < 1.29 is 19.5 Å². The zero-order valence-electron chi connectivity index (χ0n) is 15.1. The van der Waals surface area contributed by atoms with Gasteiger partial charge in [-0.2, -0.15) is 0 Å². The fraction of sp³-hybridized carbons (Fsp3) is 0.550. The molecule has 2 atom stereocenters. The molecule has 0 aromatic heterocycles. The molecule has 1 saturated carbocycles. The van der Waals surface area contributed by atoms with E-state index in [1.807, 2.05) is 6.07 Å². The van der Waals surface area contributed by atoms with Crippen LogP contribution in [0.1, 0.15) is 44.6 Å². The molecule has 26 heavy (non-hydrogen) atoms. The van der Waals surface area contributed by atoms with Crippen molar-refractivity contribution in [2.75, 3.05) is 13.1 Å². The number of rotatable bonds is 6. The SMILES string of the molecule is CCC(NC(=O)C1CCCN(C(=O)C2CC2)C1)(C(=O)O)c1ccccc1. The number of hydrogen-bond acceptors (Lipinski definition) is 3. The number of benzene rings is 1. The van der Waals surface area contributed by atoms with Crippen molar-refractivity contribution in [3.05, 3.63) is 35.9 Å². The van der Waals surface area contributed by atoms with Crippen molar-refractivity contribution in [3.63, 3.8) is 0 Å². The molecule has 140 valence electrons. The summed E-state index contributed by atoms with van der Waals surface area (Å²) in [5.74, 6) is -1.44. The minimum absolute atomic E-state index is 0.134. The van der Waals surface area contributed by atoms with Crippen molar-refractivity contribution in [1.82, 2.24) is 10.2 Å². The van der Waals surface area contributed by atoms with E-state index in [9.17, 15) is 19.5 Å². The lowest BCUT2D eigenvalue weighted by Crippen LogP contribution is -2.55. The van der Waals surface area contributed by atoms with Crippen LogP contribution in [0.3, 0.4) is 0 Å². The third-order valence-electron chi connectivity index (χ3n) is 5.53. The monoisotopic (exact) mass is 358 g/mol. The van der Waals surface area contributed by atoms with Crippen LogP contribution in [0.15, 0.2) is 30.3 Å². The highest BCUT2D eigenvalue weighted by atomic mass is 16.4. The number of aliphatic carboxylic acids is 1. The summed E-state index contributed by atoms with van der Waals surface area (Å²) in [6.45, 7) is 2.83. The Morgan fingerprint density at radius 3 is 2.42 bits per heavy atom. The van der Waals surface area contributed by atoms with Crippen LogP contribution in [0.4, 0.5) is 0 Å². The molecule has 1 saturated heterocycles. The first-order valence-electron chi connectivity index (χ1n) is 9.37. The normalized spacial score (nSPS) is 22.3. The lowest BCUT2D eigenvalue weighted by Gasteiger charge is -2.36. The Bertz CT molecular complexity index is 686. The van der Waals surface area contributed by atoms with E-state index >= 15 is 0 Å². The van der Waals surface area contributed by atoms with Crippen LogP contribution >= 0.6 is 0 Å². The van der Waals surface area contributed by atoms with E-state index in [1.165, 1.54) is 0 Å². The molecule has 2 fully saturated rings. The van der Waals surface area contributed by atoms with Gasteiger partial charge in [0.25, 0.3) is 0 Å². The summed E-state index contributed by atoms with van der Waals surface area (Å²) in [4.78, 5) is 39.0. The zero-order chi connectivity index (χ0) is 18.7. The number of carboxylic acid groups (broad SMARTS) is 1. The molecule has 6 nitrogen and oxygen atoms in total. The Balaban J connectivity index is 1.75. The Labute approximate surface area is 153 Å². The molecule has 0 bridgehead atoms. The number of piperidine rings is 1. The Hall–Kier alpha value is -2.37. The van der Waals surface area contributed by atoms with Crippen molar-refractivity contribution in [2.45, 2.75) is 44.6 Å². The number of nitrogens with zero attached hydrogens (tertiary/aromatic N) is 1. The Kier molecular flexibility index (Phi) is 5.30. The van der Waals surface area contributed by atoms with Crippen LogP contribution in [0, 0.1) is 11.8 Å². The summed E-state index contributed by atoms with van der Waals surface area (Å²) in [6.07, 6.45) is 3.58. The average Bonchev–Trinajstić information content (AvgIpc) is 3.51. The van der Waals surface area contributed by atoms with Gasteiger partial charge in [0.1, 0.15) is 0 Å². The van der Waals surface area contributed by atoms with E-state index in [0.717, 1.165) is 19.3 Å². The summed E-state index contributed by atoms with van der Waals surface area (Å²) < 4.78 is 0. The molecule has 6 heteroatoms. The third kappa shape index (κ3) is 3.59. The molecule has 1 aromatic carbocycles. The first-order chi connectivity index (χ1) is 12.5. The molecule has 1 aliphatic heterocycles. The Morgan fingerprint density at radius 2 is 1.85 bits per heavy atom. The van der Waals surface area contributed by atoms with E-state index in [0.29, 0.717) is 25.1 Å². The maximum atomic E-state index is 12.9. The van der Waals surface area contributed by atoms with Crippen molar-refractivity contribution in [1.29, 1.82) is 0 Å². The van der Waals surface area contributed by atoms with Gasteiger partial charge in [-0.05, 0) is 37.7 Å². The van der Waals surface area contributed by atoms with Crippen LogP contribution in [0.5, 0.6) is 0 Å². The highest BCUT2D eigenvalue weighted by Crippen LogP contribution is 2.33. The first kappa shape index (κ1) is 18.4. The lowest BCUT2D eigenvalue weighted by molar-refractivity contribution is -0.150. The second kappa shape index (κ2) is 7.48. The molecule has 0 radical (unpaired) electrons. The fourth-order valence-corrected chi connectivity index (χ4v) is 3.71. The molecule has 1 aliphatic carbocycles. The summed E-state index contributed by atoms with van der Waals surface area (Å²) in [6, 6.07) is 8.80. The summed E-state index contributed by atoms with van der Waals surface area (Å²) in [5, 5.41) is 12.7. The van der Waals surface area contributed by atoms with Crippen LogP contribution in [-0.4, -0.2) is 40.9 Å². The smallest absolute Gasteiger partial charge is 0.334 e. The van der Waals surface area contributed by atoms with E-state index in [-0.39, 0.29) is 30.1 Å². The number of amides is 2. The molecule has 2 N–H and O–H groups in total. The molecular weight excluding hydrogens is 332 g/mol. The van der Waals surface area contributed by atoms with Gasteiger partial charge in [-0.1, -0.05) is 37.3 Å². The van der Waals surface area contributed by atoms with E-state index < -0.39 is 11.5 Å². The van der Waals surface area contributed by atoms with Crippen molar-refractivity contribution >= 4 is 17.8 Å². The molecule has 2 aliphatic rings. The van der Waals surface area contributed by atoms with Crippen LogP contribution in [0.2, 0.25) is 0 Å². The molecule has 0 spiro atoms. The van der Waals surface area contributed by atoms with Gasteiger partial charge >= 0.3 is 5.97 Å². The van der Waals surface area contributed by atoms with E-state index in [4.69, 9.17) is 0 Å². The lowest BCUT2D eigenvalue weighted by atomic mass is 9.85.